The average Bonchev–Trinajstić information content (AvgIpc) is 2.83. The minimum atomic E-state index is -4.63. The molecule has 0 spiro atoms. The molecule has 0 atom stereocenters. The zero-order chi connectivity index (χ0) is 25.5. The van der Waals surface area contributed by atoms with Gasteiger partial charge >= 0.3 is 12.1 Å². The molecule has 0 unspecified atom stereocenters. The largest absolute Gasteiger partial charge is 0.458 e. The van der Waals surface area contributed by atoms with Crippen molar-refractivity contribution >= 4 is 24.7 Å². The Kier molecular flexibility index (Phi) is 8.35. The molecule has 0 radical (unpaired) electrons. The molecule has 0 N–H and O–H groups in total. The van der Waals surface area contributed by atoms with Gasteiger partial charge in [0, 0.05) is 0 Å². The van der Waals surface area contributed by atoms with E-state index >= 15 is 0 Å². The first-order valence-electron chi connectivity index (χ1n) is 11.3. The monoisotopic (exact) mass is 498 g/mol. The third-order valence-corrected chi connectivity index (χ3v) is 10.8. The van der Waals surface area contributed by atoms with Gasteiger partial charge in [0.2, 0.25) is 0 Å². The molecule has 3 aromatic rings. The van der Waals surface area contributed by atoms with E-state index in [1.165, 1.54) is 0 Å². The van der Waals surface area contributed by atoms with Gasteiger partial charge in [0.25, 0.3) is 8.32 Å². The van der Waals surface area contributed by atoms with Gasteiger partial charge in [0.1, 0.15) is 6.61 Å². The SMILES string of the molecule is CC(C)(C)[Si](OC/C(=C/COC(=O)c1ccccc1)C(F)(F)F)(c1ccccc1)c1ccccc1. The molecule has 7 heteroatoms. The summed E-state index contributed by atoms with van der Waals surface area (Å²) in [5.74, 6) is -0.684. The summed E-state index contributed by atoms with van der Waals surface area (Å²) in [6.45, 7) is 4.83. The summed E-state index contributed by atoms with van der Waals surface area (Å²) in [6, 6.07) is 27.1. The Morgan fingerprint density at radius 2 is 1.26 bits per heavy atom. The second-order valence-corrected chi connectivity index (χ2v) is 13.4. The smallest absolute Gasteiger partial charge is 0.414 e. The van der Waals surface area contributed by atoms with Crippen molar-refractivity contribution in [3.8, 4) is 0 Å². The molecule has 184 valence electrons. The molecule has 0 aliphatic rings. The fourth-order valence-electron chi connectivity index (χ4n) is 4.08. The van der Waals surface area contributed by atoms with Crippen LogP contribution in [0.2, 0.25) is 5.04 Å². The van der Waals surface area contributed by atoms with Gasteiger partial charge in [-0.05, 0) is 33.6 Å². The molecule has 0 heterocycles. The Balaban J connectivity index is 1.92. The molecular weight excluding hydrogens is 469 g/mol. The fourth-order valence-corrected chi connectivity index (χ4v) is 8.61. The van der Waals surface area contributed by atoms with E-state index in [0.29, 0.717) is 0 Å². The first kappa shape index (κ1) is 26.4. The van der Waals surface area contributed by atoms with Crippen LogP contribution < -0.4 is 10.4 Å². The van der Waals surface area contributed by atoms with Crippen molar-refractivity contribution in [3.05, 3.63) is 108 Å². The van der Waals surface area contributed by atoms with E-state index in [-0.39, 0.29) is 5.56 Å². The third-order valence-electron chi connectivity index (χ3n) is 5.78. The molecular formula is C28H29F3O3Si. The first-order valence-corrected chi connectivity index (χ1v) is 13.2. The van der Waals surface area contributed by atoms with Crippen LogP contribution in [0, 0.1) is 0 Å². The number of ether oxygens (including phenoxy) is 1. The lowest BCUT2D eigenvalue weighted by Gasteiger charge is -2.43. The van der Waals surface area contributed by atoms with Gasteiger partial charge < -0.3 is 9.16 Å². The van der Waals surface area contributed by atoms with Gasteiger partial charge in [-0.3, -0.25) is 0 Å². The number of rotatable bonds is 8. The van der Waals surface area contributed by atoms with Crippen LogP contribution in [-0.4, -0.2) is 33.7 Å². The summed E-state index contributed by atoms with van der Waals surface area (Å²) in [6.07, 6.45) is -3.75. The number of hydrogen-bond donors (Lipinski definition) is 0. The maximum Gasteiger partial charge on any atom is 0.414 e. The molecule has 0 aromatic heterocycles. The summed E-state index contributed by atoms with van der Waals surface area (Å²) in [5.41, 5.74) is -0.607. The molecule has 0 saturated carbocycles. The zero-order valence-corrected chi connectivity index (χ0v) is 21.0. The third kappa shape index (κ3) is 6.29. The van der Waals surface area contributed by atoms with Crippen LogP contribution in [0.3, 0.4) is 0 Å². The van der Waals surface area contributed by atoms with E-state index < -0.39 is 44.3 Å². The summed E-state index contributed by atoms with van der Waals surface area (Å²) in [4.78, 5) is 12.1. The molecule has 0 fully saturated rings. The number of esters is 1. The van der Waals surface area contributed by atoms with Gasteiger partial charge in [-0.15, -0.1) is 0 Å². The lowest BCUT2D eigenvalue weighted by atomic mass is 10.2. The Bertz CT molecular complexity index is 1080. The molecule has 0 saturated heterocycles. The van der Waals surface area contributed by atoms with Crippen molar-refractivity contribution < 1.29 is 27.1 Å². The fraction of sp³-hybridized carbons (Fsp3) is 0.250. The Morgan fingerprint density at radius 1 is 0.800 bits per heavy atom. The molecule has 3 aromatic carbocycles. The summed E-state index contributed by atoms with van der Waals surface area (Å²) >= 11 is 0. The van der Waals surface area contributed by atoms with Crippen LogP contribution in [0.25, 0.3) is 0 Å². The average molecular weight is 499 g/mol. The van der Waals surface area contributed by atoms with Crippen LogP contribution >= 0.6 is 0 Å². The highest BCUT2D eigenvalue weighted by molar-refractivity contribution is 6.99. The van der Waals surface area contributed by atoms with Crippen molar-refractivity contribution in [2.75, 3.05) is 13.2 Å². The minimum absolute atomic E-state index is 0.276. The molecule has 0 aliphatic carbocycles. The second kappa shape index (κ2) is 11.1. The quantitative estimate of drug-likeness (QED) is 0.220. The van der Waals surface area contributed by atoms with Gasteiger partial charge in [-0.25, -0.2) is 4.79 Å². The second-order valence-electron chi connectivity index (χ2n) is 9.14. The molecule has 35 heavy (non-hydrogen) atoms. The van der Waals surface area contributed by atoms with Crippen LogP contribution in [-0.2, 0) is 9.16 Å². The van der Waals surface area contributed by atoms with Gasteiger partial charge in [0.15, 0.2) is 0 Å². The van der Waals surface area contributed by atoms with Crippen LogP contribution in [0.1, 0.15) is 31.1 Å². The predicted molar refractivity (Wildman–Crippen MR) is 134 cm³/mol. The van der Waals surface area contributed by atoms with Crippen molar-refractivity contribution in [2.24, 2.45) is 0 Å². The molecule has 0 amide bonds. The highest BCUT2D eigenvalue weighted by atomic mass is 28.4. The predicted octanol–water partition coefficient (Wildman–Crippen LogP) is 5.91. The van der Waals surface area contributed by atoms with Gasteiger partial charge in [-0.2, -0.15) is 13.2 Å². The highest BCUT2D eigenvalue weighted by Gasteiger charge is 2.51. The highest BCUT2D eigenvalue weighted by Crippen LogP contribution is 2.38. The van der Waals surface area contributed by atoms with Crippen molar-refractivity contribution in [1.82, 2.24) is 0 Å². The van der Waals surface area contributed by atoms with Crippen molar-refractivity contribution in [3.63, 3.8) is 0 Å². The molecule has 0 aliphatic heterocycles. The van der Waals surface area contributed by atoms with Crippen molar-refractivity contribution in [1.29, 1.82) is 0 Å². The van der Waals surface area contributed by atoms with Crippen molar-refractivity contribution in [2.45, 2.75) is 32.0 Å². The minimum Gasteiger partial charge on any atom is -0.458 e. The van der Waals surface area contributed by atoms with Gasteiger partial charge in [-0.1, -0.05) is 99.6 Å². The molecule has 3 nitrogen and oxygen atoms in total. The number of benzene rings is 3. The van der Waals surface area contributed by atoms with E-state index in [1.54, 1.807) is 30.3 Å². The zero-order valence-electron chi connectivity index (χ0n) is 20.0. The first-order chi connectivity index (χ1) is 16.6. The molecule has 0 bridgehead atoms. The van der Waals surface area contributed by atoms with Crippen LogP contribution in [0.4, 0.5) is 13.2 Å². The maximum atomic E-state index is 14.0. The lowest BCUT2D eigenvalue weighted by molar-refractivity contribution is -0.0975. The number of alkyl halides is 3. The van der Waals surface area contributed by atoms with Crippen LogP contribution in [0.15, 0.2) is 103 Å². The summed E-state index contributed by atoms with van der Waals surface area (Å²) < 4.78 is 53.4. The van der Waals surface area contributed by atoms with E-state index in [1.807, 2.05) is 81.4 Å². The van der Waals surface area contributed by atoms with E-state index in [0.717, 1.165) is 16.4 Å². The van der Waals surface area contributed by atoms with Gasteiger partial charge in [0.05, 0.1) is 17.7 Å². The Morgan fingerprint density at radius 3 is 1.69 bits per heavy atom. The van der Waals surface area contributed by atoms with E-state index in [2.05, 4.69) is 0 Å². The van der Waals surface area contributed by atoms with E-state index in [4.69, 9.17) is 9.16 Å². The number of hydrogen-bond acceptors (Lipinski definition) is 3. The topological polar surface area (TPSA) is 35.5 Å². The molecule has 3 rings (SSSR count). The normalized spacial score (nSPS) is 12.9. The Hall–Kier alpha value is -3.16. The Labute approximate surface area is 205 Å². The summed E-state index contributed by atoms with van der Waals surface area (Å²) in [5, 5.41) is 1.30. The number of carbonyl (C=O) groups is 1. The lowest BCUT2D eigenvalue weighted by Crippen LogP contribution is -2.66. The maximum absolute atomic E-state index is 14.0. The summed E-state index contributed by atoms with van der Waals surface area (Å²) in [7, 11) is -3.15. The van der Waals surface area contributed by atoms with E-state index in [9.17, 15) is 18.0 Å². The number of carbonyl (C=O) groups excluding carboxylic acids is 1. The number of halogens is 3. The van der Waals surface area contributed by atoms with Crippen LogP contribution in [0.5, 0.6) is 0 Å². The standard InChI is InChI=1S/C28H29F3O3Si/c1-27(2,3)35(24-15-9-5-10-16-24,25-17-11-6-12-18-25)34-21-23(28(29,30)31)19-20-33-26(32)22-13-7-4-8-14-22/h4-19H,20-21H2,1-3H3/b23-19-.